The van der Waals surface area contributed by atoms with Crippen molar-refractivity contribution in [2.75, 3.05) is 6.61 Å². The fourth-order valence-corrected chi connectivity index (χ4v) is 5.02. The number of amides is 1. The third-order valence-electron chi connectivity index (χ3n) is 5.72. The van der Waals surface area contributed by atoms with Crippen LogP contribution >= 0.6 is 11.8 Å². The van der Waals surface area contributed by atoms with Crippen LogP contribution in [0, 0.1) is 0 Å². The Bertz CT molecular complexity index is 1140. The molecule has 0 bridgehead atoms. The van der Waals surface area contributed by atoms with Gasteiger partial charge in [0.15, 0.2) is 5.16 Å². The van der Waals surface area contributed by atoms with Gasteiger partial charge in [-0.1, -0.05) is 54.2 Å². The number of carbonyl (C=O) groups excluding carboxylic acids is 1. The van der Waals surface area contributed by atoms with E-state index in [9.17, 15) is 9.59 Å². The van der Waals surface area contributed by atoms with Crippen molar-refractivity contribution in [3.8, 4) is 0 Å². The first kappa shape index (κ1) is 20.3. The number of nitrogens with zero attached hydrogens (tertiary/aromatic N) is 2. The molecule has 7 heteroatoms. The molecule has 2 fully saturated rings. The molecule has 1 saturated carbocycles. The van der Waals surface area contributed by atoms with Crippen LogP contribution in [0.5, 0.6) is 0 Å². The molecule has 3 aromatic rings. The van der Waals surface area contributed by atoms with Crippen LogP contribution in [-0.2, 0) is 16.1 Å². The van der Waals surface area contributed by atoms with Crippen LogP contribution in [0.4, 0.5) is 0 Å². The minimum Gasteiger partial charge on any atom is -0.376 e. The van der Waals surface area contributed by atoms with Crippen LogP contribution in [0.2, 0.25) is 0 Å². The minimum absolute atomic E-state index is 0.00419. The molecule has 1 aliphatic carbocycles. The summed E-state index contributed by atoms with van der Waals surface area (Å²) in [6.45, 7) is 1.17. The van der Waals surface area contributed by atoms with Gasteiger partial charge in [-0.05, 0) is 43.4 Å². The van der Waals surface area contributed by atoms with Crippen molar-refractivity contribution < 1.29 is 9.53 Å². The quantitative estimate of drug-likeness (QED) is 0.453. The van der Waals surface area contributed by atoms with Crippen LogP contribution in [0.1, 0.15) is 36.5 Å². The molecule has 1 amide bonds. The number of hydrogen-bond acceptors (Lipinski definition) is 5. The number of benzene rings is 2. The van der Waals surface area contributed by atoms with E-state index in [1.54, 1.807) is 10.6 Å². The van der Waals surface area contributed by atoms with E-state index in [0.717, 1.165) is 37.9 Å². The number of hydrogen-bond donors (Lipinski definition) is 1. The maximum atomic E-state index is 13.4. The monoisotopic (exact) mass is 435 g/mol. The standard InChI is InChI=1S/C24H25N3O3S/c28-22(25-17-12-13-17)21(16-7-2-1-3-8-16)31-24-26-20-11-5-4-10-19(20)23(29)27(24)15-18-9-6-14-30-18/h1-5,7-8,10-11,17-18,21H,6,9,12-15H2,(H,25,28). The average molecular weight is 436 g/mol. The van der Waals surface area contributed by atoms with E-state index in [-0.39, 0.29) is 23.6 Å². The van der Waals surface area contributed by atoms with Gasteiger partial charge in [0, 0.05) is 12.6 Å². The maximum absolute atomic E-state index is 13.4. The number of fused-ring (bicyclic) bond motifs is 1. The number of nitrogens with one attached hydrogen (secondary N) is 1. The highest BCUT2D eigenvalue weighted by Crippen LogP contribution is 2.36. The third-order valence-corrected chi connectivity index (χ3v) is 6.97. The highest BCUT2D eigenvalue weighted by Gasteiger charge is 2.31. The molecule has 160 valence electrons. The van der Waals surface area contributed by atoms with E-state index < -0.39 is 5.25 Å². The van der Waals surface area contributed by atoms with Gasteiger partial charge in [0.2, 0.25) is 5.91 Å². The van der Waals surface area contributed by atoms with Crippen molar-refractivity contribution in [2.24, 2.45) is 0 Å². The van der Waals surface area contributed by atoms with Crippen molar-refractivity contribution >= 4 is 28.6 Å². The van der Waals surface area contributed by atoms with E-state index >= 15 is 0 Å². The molecule has 2 aliphatic rings. The summed E-state index contributed by atoms with van der Waals surface area (Å²) in [5, 5.41) is 3.78. The third kappa shape index (κ3) is 4.52. The summed E-state index contributed by atoms with van der Waals surface area (Å²) >= 11 is 1.34. The zero-order chi connectivity index (χ0) is 21.2. The fraction of sp³-hybridized carbons (Fsp3) is 0.375. The van der Waals surface area contributed by atoms with Crippen molar-refractivity contribution in [1.29, 1.82) is 0 Å². The smallest absolute Gasteiger partial charge is 0.262 e. The molecule has 1 saturated heterocycles. The zero-order valence-electron chi connectivity index (χ0n) is 17.2. The van der Waals surface area contributed by atoms with Gasteiger partial charge in [0.05, 0.1) is 23.6 Å². The normalized spacial score (nSPS) is 19.4. The number of ether oxygens (including phenoxy) is 1. The Hall–Kier alpha value is -2.64. The molecular formula is C24H25N3O3S. The Morgan fingerprint density at radius 1 is 1.13 bits per heavy atom. The second-order valence-corrected chi connectivity index (χ2v) is 9.23. The maximum Gasteiger partial charge on any atom is 0.262 e. The van der Waals surface area contributed by atoms with Gasteiger partial charge in [-0.15, -0.1) is 0 Å². The molecule has 1 N–H and O–H groups in total. The predicted molar refractivity (Wildman–Crippen MR) is 121 cm³/mol. The van der Waals surface area contributed by atoms with E-state index in [2.05, 4.69) is 5.32 Å². The van der Waals surface area contributed by atoms with Crippen LogP contribution < -0.4 is 10.9 Å². The van der Waals surface area contributed by atoms with Gasteiger partial charge in [0.1, 0.15) is 5.25 Å². The van der Waals surface area contributed by atoms with Gasteiger partial charge >= 0.3 is 0 Å². The van der Waals surface area contributed by atoms with Crippen molar-refractivity contribution in [1.82, 2.24) is 14.9 Å². The summed E-state index contributed by atoms with van der Waals surface area (Å²) in [5.41, 5.74) is 1.46. The SMILES string of the molecule is O=C(NC1CC1)C(Sc1nc2ccccc2c(=O)n1CC1CCCO1)c1ccccc1. The summed E-state index contributed by atoms with van der Waals surface area (Å²) in [5.74, 6) is -0.0372. The summed E-state index contributed by atoms with van der Waals surface area (Å²) < 4.78 is 7.50. The average Bonchev–Trinajstić information content (AvgIpc) is 3.46. The van der Waals surface area contributed by atoms with Gasteiger partial charge < -0.3 is 10.1 Å². The Balaban J connectivity index is 1.55. The number of aromatic nitrogens is 2. The summed E-state index contributed by atoms with van der Waals surface area (Å²) in [7, 11) is 0. The Morgan fingerprint density at radius 3 is 2.65 bits per heavy atom. The number of thioether (sulfide) groups is 1. The van der Waals surface area contributed by atoms with E-state index in [1.165, 1.54) is 11.8 Å². The molecule has 6 nitrogen and oxygen atoms in total. The fourth-order valence-electron chi connectivity index (χ4n) is 3.90. The number of rotatable bonds is 7. The molecule has 0 radical (unpaired) electrons. The summed E-state index contributed by atoms with van der Waals surface area (Å²) in [6, 6.07) is 17.3. The lowest BCUT2D eigenvalue weighted by Crippen LogP contribution is -2.32. The lowest BCUT2D eigenvalue weighted by molar-refractivity contribution is -0.120. The first-order valence-corrected chi connectivity index (χ1v) is 11.7. The topological polar surface area (TPSA) is 73.2 Å². The highest BCUT2D eigenvalue weighted by molar-refractivity contribution is 8.00. The summed E-state index contributed by atoms with van der Waals surface area (Å²) in [6.07, 6.45) is 3.97. The summed E-state index contributed by atoms with van der Waals surface area (Å²) in [4.78, 5) is 31.3. The molecule has 2 aromatic carbocycles. The van der Waals surface area contributed by atoms with Crippen LogP contribution in [-0.4, -0.2) is 34.2 Å². The Morgan fingerprint density at radius 2 is 1.90 bits per heavy atom. The van der Waals surface area contributed by atoms with E-state index in [1.807, 2.05) is 48.5 Å². The predicted octanol–water partition coefficient (Wildman–Crippen LogP) is 3.69. The Kier molecular flexibility index (Phi) is 5.78. The first-order valence-electron chi connectivity index (χ1n) is 10.8. The molecule has 2 unspecified atom stereocenters. The molecular weight excluding hydrogens is 410 g/mol. The van der Waals surface area contributed by atoms with Gasteiger partial charge in [-0.25, -0.2) is 4.98 Å². The second kappa shape index (κ2) is 8.85. The van der Waals surface area contributed by atoms with Crippen molar-refractivity contribution in [2.45, 2.75) is 54.8 Å². The lowest BCUT2D eigenvalue weighted by Gasteiger charge is -2.20. The molecule has 0 spiro atoms. The van der Waals surface area contributed by atoms with Crippen LogP contribution in [0.15, 0.2) is 64.5 Å². The molecule has 5 rings (SSSR count). The minimum atomic E-state index is -0.481. The van der Waals surface area contributed by atoms with Crippen LogP contribution in [0.25, 0.3) is 10.9 Å². The Labute approximate surface area is 185 Å². The molecule has 2 heterocycles. The molecule has 1 aromatic heterocycles. The van der Waals surface area contributed by atoms with E-state index in [4.69, 9.17) is 9.72 Å². The number of para-hydroxylation sites is 1. The first-order chi connectivity index (χ1) is 15.2. The highest BCUT2D eigenvalue weighted by atomic mass is 32.2. The van der Waals surface area contributed by atoms with Crippen molar-refractivity contribution in [3.63, 3.8) is 0 Å². The van der Waals surface area contributed by atoms with Gasteiger partial charge in [0.25, 0.3) is 5.56 Å². The zero-order valence-corrected chi connectivity index (χ0v) is 18.0. The lowest BCUT2D eigenvalue weighted by atomic mass is 10.1. The molecule has 1 aliphatic heterocycles. The van der Waals surface area contributed by atoms with E-state index in [0.29, 0.717) is 22.6 Å². The second-order valence-electron chi connectivity index (χ2n) is 8.15. The molecule has 2 atom stereocenters. The number of carbonyl (C=O) groups is 1. The van der Waals surface area contributed by atoms with Crippen molar-refractivity contribution in [3.05, 3.63) is 70.5 Å². The van der Waals surface area contributed by atoms with Crippen LogP contribution in [0.3, 0.4) is 0 Å². The van der Waals surface area contributed by atoms with Gasteiger partial charge in [-0.2, -0.15) is 0 Å². The molecule has 31 heavy (non-hydrogen) atoms. The van der Waals surface area contributed by atoms with Gasteiger partial charge in [-0.3, -0.25) is 14.2 Å². The largest absolute Gasteiger partial charge is 0.376 e.